The highest BCUT2D eigenvalue weighted by Crippen LogP contribution is 2.20. The van der Waals surface area contributed by atoms with Gasteiger partial charge in [-0.05, 0) is 58.2 Å². The van der Waals surface area contributed by atoms with Crippen molar-refractivity contribution in [2.75, 3.05) is 39.8 Å². The molecule has 0 unspecified atom stereocenters. The summed E-state index contributed by atoms with van der Waals surface area (Å²) >= 11 is 0. The van der Waals surface area contributed by atoms with Gasteiger partial charge in [-0.2, -0.15) is 0 Å². The third kappa shape index (κ3) is 4.45. The number of likely N-dealkylation sites (tertiary alicyclic amines) is 1. The maximum atomic E-state index is 12.3. The van der Waals surface area contributed by atoms with E-state index in [1.807, 2.05) is 0 Å². The lowest BCUT2D eigenvalue weighted by atomic mass is 9.95. The smallest absolute Gasteiger partial charge is 0.239 e. The number of carbonyl (C=O) groups is 1. The summed E-state index contributed by atoms with van der Waals surface area (Å²) < 4.78 is 0. The van der Waals surface area contributed by atoms with Crippen molar-refractivity contribution in [3.8, 4) is 0 Å². The Morgan fingerprint density at radius 3 is 2.65 bits per heavy atom. The average Bonchev–Trinajstić information content (AvgIpc) is 2.99. The molecule has 1 atom stereocenters. The first-order chi connectivity index (χ1) is 9.70. The van der Waals surface area contributed by atoms with Gasteiger partial charge >= 0.3 is 0 Å². The molecular formula is C16H31N3O. The van der Waals surface area contributed by atoms with Gasteiger partial charge in [0.05, 0.1) is 6.04 Å². The molecule has 4 heteroatoms. The van der Waals surface area contributed by atoms with Crippen LogP contribution >= 0.6 is 0 Å². The highest BCUT2D eigenvalue weighted by Gasteiger charge is 2.29. The van der Waals surface area contributed by atoms with E-state index >= 15 is 0 Å². The Hall–Kier alpha value is -0.610. The monoisotopic (exact) mass is 281 g/mol. The summed E-state index contributed by atoms with van der Waals surface area (Å²) in [4.78, 5) is 16.9. The van der Waals surface area contributed by atoms with E-state index in [1.165, 1.54) is 38.8 Å². The number of amides is 1. The fourth-order valence-corrected chi connectivity index (χ4v) is 3.41. The summed E-state index contributed by atoms with van der Waals surface area (Å²) in [6, 6.07) is 0.110. The van der Waals surface area contributed by atoms with E-state index in [1.54, 1.807) is 0 Å². The molecule has 2 saturated heterocycles. The van der Waals surface area contributed by atoms with Gasteiger partial charge in [-0.15, -0.1) is 0 Å². The molecule has 0 aromatic heterocycles. The van der Waals surface area contributed by atoms with Gasteiger partial charge in [-0.3, -0.25) is 4.79 Å². The molecule has 1 amide bonds. The Morgan fingerprint density at radius 2 is 2.05 bits per heavy atom. The number of carbonyl (C=O) groups excluding carboxylic acids is 1. The molecule has 0 saturated carbocycles. The maximum absolute atomic E-state index is 12.3. The third-order valence-electron chi connectivity index (χ3n) is 4.75. The molecule has 2 aliphatic rings. The van der Waals surface area contributed by atoms with Crippen molar-refractivity contribution in [2.24, 2.45) is 5.92 Å². The van der Waals surface area contributed by atoms with Crippen molar-refractivity contribution in [1.29, 1.82) is 0 Å². The van der Waals surface area contributed by atoms with Crippen LogP contribution in [-0.4, -0.2) is 61.5 Å². The van der Waals surface area contributed by atoms with Gasteiger partial charge in [0.1, 0.15) is 0 Å². The molecule has 2 heterocycles. The van der Waals surface area contributed by atoms with Crippen LogP contribution in [0, 0.1) is 5.92 Å². The van der Waals surface area contributed by atoms with E-state index in [4.69, 9.17) is 0 Å². The summed E-state index contributed by atoms with van der Waals surface area (Å²) in [7, 11) is 2.23. The summed E-state index contributed by atoms with van der Waals surface area (Å²) in [5.74, 6) is 1.12. The summed E-state index contributed by atoms with van der Waals surface area (Å²) in [6.07, 6.45) is 7.09. The van der Waals surface area contributed by atoms with Gasteiger partial charge in [0, 0.05) is 19.6 Å². The molecule has 2 aliphatic heterocycles. The molecule has 0 aliphatic carbocycles. The van der Waals surface area contributed by atoms with Gasteiger partial charge < -0.3 is 15.1 Å². The number of rotatable bonds is 6. The first-order valence-electron chi connectivity index (χ1n) is 8.41. The fraction of sp³-hybridized carbons (Fsp3) is 0.938. The van der Waals surface area contributed by atoms with Crippen LogP contribution in [0.3, 0.4) is 0 Å². The van der Waals surface area contributed by atoms with Gasteiger partial charge in [-0.1, -0.05) is 13.3 Å². The number of unbranched alkanes of at least 4 members (excludes halogenated alkanes) is 1. The molecule has 0 aromatic rings. The van der Waals surface area contributed by atoms with Crippen LogP contribution in [0.5, 0.6) is 0 Å². The van der Waals surface area contributed by atoms with E-state index in [0.717, 1.165) is 38.4 Å². The van der Waals surface area contributed by atoms with Gasteiger partial charge in [-0.25, -0.2) is 0 Å². The Balaban J connectivity index is 1.68. The van der Waals surface area contributed by atoms with E-state index in [-0.39, 0.29) is 6.04 Å². The maximum Gasteiger partial charge on any atom is 0.239 e. The van der Waals surface area contributed by atoms with E-state index in [9.17, 15) is 4.79 Å². The third-order valence-corrected chi connectivity index (χ3v) is 4.75. The number of nitrogens with one attached hydrogen (secondary N) is 1. The Morgan fingerprint density at radius 1 is 1.30 bits per heavy atom. The minimum atomic E-state index is 0.110. The zero-order valence-corrected chi connectivity index (χ0v) is 13.2. The minimum Gasteiger partial charge on any atom is -0.341 e. The zero-order chi connectivity index (χ0) is 14.4. The van der Waals surface area contributed by atoms with Gasteiger partial charge in [0.25, 0.3) is 0 Å². The standard InChI is InChI=1S/C16H31N3O/c1-3-4-10-18(2)13-14-7-11-19(12-8-14)16(20)15-6-5-9-17-15/h14-15,17H,3-13H2,1-2H3/t15-/m1/s1. The molecule has 1 N–H and O–H groups in total. The normalized spacial score (nSPS) is 24.6. The fourth-order valence-electron chi connectivity index (χ4n) is 3.41. The van der Waals surface area contributed by atoms with Crippen LogP contribution in [0.4, 0.5) is 0 Å². The molecule has 2 rings (SSSR count). The second-order valence-corrected chi connectivity index (χ2v) is 6.53. The molecule has 0 aromatic carbocycles. The largest absolute Gasteiger partial charge is 0.341 e. The summed E-state index contributed by atoms with van der Waals surface area (Å²) in [5, 5.41) is 3.32. The van der Waals surface area contributed by atoms with Crippen molar-refractivity contribution in [3.63, 3.8) is 0 Å². The van der Waals surface area contributed by atoms with Crippen LogP contribution in [-0.2, 0) is 4.79 Å². The average molecular weight is 281 g/mol. The zero-order valence-electron chi connectivity index (χ0n) is 13.2. The second kappa shape index (κ2) is 7.99. The highest BCUT2D eigenvalue weighted by molar-refractivity contribution is 5.82. The predicted molar refractivity (Wildman–Crippen MR) is 82.7 cm³/mol. The number of piperidine rings is 1. The Bertz CT molecular complexity index is 294. The molecular weight excluding hydrogens is 250 g/mol. The van der Waals surface area contributed by atoms with Crippen molar-refractivity contribution < 1.29 is 4.79 Å². The SMILES string of the molecule is CCCCN(C)CC1CCN(C(=O)[C@H]2CCCN2)CC1. The van der Waals surface area contributed by atoms with E-state index in [0.29, 0.717) is 5.91 Å². The van der Waals surface area contributed by atoms with Crippen LogP contribution in [0.1, 0.15) is 45.4 Å². The summed E-state index contributed by atoms with van der Waals surface area (Å²) in [5.41, 5.74) is 0. The number of hydrogen-bond acceptors (Lipinski definition) is 3. The molecule has 0 bridgehead atoms. The first kappa shape index (κ1) is 15.8. The molecule has 0 spiro atoms. The molecule has 116 valence electrons. The van der Waals surface area contributed by atoms with Crippen molar-refractivity contribution in [3.05, 3.63) is 0 Å². The molecule has 2 fully saturated rings. The molecule has 4 nitrogen and oxygen atoms in total. The lowest BCUT2D eigenvalue weighted by Crippen LogP contribution is -2.47. The quantitative estimate of drug-likeness (QED) is 0.805. The van der Waals surface area contributed by atoms with Crippen molar-refractivity contribution in [2.45, 2.75) is 51.5 Å². The topological polar surface area (TPSA) is 35.6 Å². The lowest BCUT2D eigenvalue weighted by Gasteiger charge is -2.35. The van der Waals surface area contributed by atoms with E-state index in [2.05, 4.69) is 29.1 Å². The first-order valence-corrected chi connectivity index (χ1v) is 8.41. The number of nitrogens with zero attached hydrogens (tertiary/aromatic N) is 2. The lowest BCUT2D eigenvalue weighted by molar-refractivity contribution is -0.134. The van der Waals surface area contributed by atoms with E-state index < -0.39 is 0 Å². The second-order valence-electron chi connectivity index (χ2n) is 6.53. The number of hydrogen-bond donors (Lipinski definition) is 1. The molecule has 20 heavy (non-hydrogen) atoms. The van der Waals surface area contributed by atoms with Crippen molar-refractivity contribution >= 4 is 5.91 Å². The highest BCUT2D eigenvalue weighted by atomic mass is 16.2. The Kier molecular flexibility index (Phi) is 6.30. The Labute approximate surface area is 123 Å². The van der Waals surface area contributed by atoms with Crippen LogP contribution in [0.15, 0.2) is 0 Å². The van der Waals surface area contributed by atoms with Gasteiger partial charge in [0.2, 0.25) is 5.91 Å². The van der Waals surface area contributed by atoms with Crippen LogP contribution in [0.25, 0.3) is 0 Å². The van der Waals surface area contributed by atoms with Gasteiger partial charge in [0.15, 0.2) is 0 Å². The van der Waals surface area contributed by atoms with Crippen molar-refractivity contribution in [1.82, 2.24) is 15.1 Å². The van der Waals surface area contributed by atoms with Crippen LogP contribution in [0.2, 0.25) is 0 Å². The van der Waals surface area contributed by atoms with Crippen LogP contribution < -0.4 is 5.32 Å². The minimum absolute atomic E-state index is 0.110. The summed E-state index contributed by atoms with van der Waals surface area (Å²) in [6.45, 7) is 7.59. The molecule has 0 radical (unpaired) electrons. The predicted octanol–water partition coefficient (Wildman–Crippen LogP) is 1.71.